The normalized spacial score (nSPS) is 12.4. The van der Waals surface area contributed by atoms with E-state index in [-0.39, 0.29) is 12.3 Å². The number of hydrogen-bond donors (Lipinski definition) is 2. The molecule has 1 heterocycles. The first-order valence-corrected chi connectivity index (χ1v) is 8.06. The lowest BCUT2D eigenvalue weighted by Crippen LogP contribution is -2.16. The van der Waals surface area contributed by atoms with Crippen LogP contribution in [-0.2, 0) is 0 Å². The lowest BCUT2D eigenvalue weighted by molar-refractivity contribution is -0.274. The topological polar surface area (TPSA) is 67.3 Å². The number of nitrogens with one attached hydrogen (secondary N) is 1. The minimum Gasteiger partial charge on any atom is -0.406 e. The molecule has 0 saturated carbocycles. The van der Waals surface area contributed by atoms with Crippen molar-refractivity contribution in [1.29, 1.82) is 0 Å². The molecule has 0 saturated heterocycles. The molecular weight excluding hydrogens is 359 g/mol. The smallest absolute Gasteiger partial charge is 0.406 e. The third kappa shape index (κ3) is 5.42. The molecular formula is C19H16F3N3O2. The molecule has 3 aromatic rings. The molecule has 3 rings (SSSR count). The molecule has 1 aromatic heterocycles. The Morgan fingerprint density at radius 2 is 1.70 bits per heavy atom. The van der Waals surface area contributed by atoms with Crippen molar-refractivity contribution in [3.05, 3.63) is 72.6 Å². The molecule has 0 radical (unpaired) electrons. The van der Waals surface area contributed by atoms with Gasteiger partial charge in [-0.1, -0.05) is 30.3 Å². The summed E-state index contributed by atoms with van der Waals surface area (Å²) < 4.78 is 40.5. The number of aromatic nitrogens is 2. The van der Waals surface area contributed by atoms with Gasteiger partial charge in [0.05, 0.1) is 11.8 Å². The Balaban J connectivity index is 1.66. The standard InChI is InChI=1S/C19H16F3N3O2/c20-19(21,22)27-15-8-6-13(7-9-15)16-10-18(25-12-24-16)23-11-17(26)14-4-2-1-3-5-14/h1-10,12,17,26H,11H2,(H,23,24,25)/t17-/m1/s1. The quantitative estimate of drug-likeness (QED) is 0.676. The number of nitrogens with zero attached hydrogens (tertiary/aromatic N) is 2. The summed E-state index contributed by atoms with van der Waals surface area (Å²) in [7, 11) is 0. The second kappa shape index (κ2) is 8.05. The number of anilines is 1. The third-order valence-electron chi connectivity index (χ3n) is 3.71. The SMILES string of the molecule is O[C@H](CNc1cc(-c2ccc(OC(F)(F)F)cc2)ncn1)c1ccccc1. The number of benzene rings is 2. The van der Waals surface area contributed by atoms with Crippen molar-refractivity contribution in [3.63, 3.8) is 0 Å². The van der Waals surface area contributed by atoms with E-state index in [1.807, 2.05) is 30.3 Å². The predicted molar refractivity (Wildman–Crippen MR) is 94.0 cm³/mol. The largest absolute Gasteiger partial charge is 0.573 e. The van der Waals surface area contributed by atoms with E-state index in [1.165, 1.54) is 30.6 Å². The van der Waals surface area contributed by atoms with Gasteiger partial charge in [-0.15, -0.1) is 13.2 Å². The van der Waals surface area contributed by atoms with Gasteiger partial charge in [-0.3, -0.25) is 0 Å². The Hall–Kier alpha value is -3.13. The molecule has 5 nitrogen and oxygen atoms in total. The zero-order valence-electron chi connectivity index (χ0n) is 14.0. The zero-order chi connectivity index (χ0) is 19.3. The minimum absolute atomic E-state index is 0.249. The van der Waals surface area contributed by atoms with E-state index < -0.39 is 12.5 Å². The van der Waals surface area contributed by atoms with E-state index in [0.717, 1.165) is 5.56 Å². The van der Waals surface area contributed by atoms with Gasteiger partial charge in [0, 0.05) is 18.2 Å². The molecule has 0 aliphatic carbocycles. The summed E-state index contributed by atoms with van der Waals surface area (Å²) in [5, 5.41) is 13.2. The maximum atomic E-state index is 12.2. The Morgan fingerprint density at radius 1 is 1.00 bits per heavy atom. The number of rotatable bonds is 6. The van der Waals surface area contributed by atoms with Gasteiger partial charge in [0.1, 0.15) is 17.9 Å². The third-order valence-corrected chi connectivity index (χ3v) is 3.71. The summed E-state index contributed by atoms with van der Waals surface area (Å²) in [5.74, 6) is 0.190. The summed E-state index contributed by atoms with van der Waals surface area (Å²) in [6.07, 6.45) is -4.09. The van der Waals surface area contributed by atoms with Crippen molar-refractivity contribution < 1.29 is 23.0 Å². The van der Waals surface area contributed by atoms with E-state index in [9.17, 15) is 18.3 Å². The molecule has 2 N–H and O–H groups in total. The fraction of sp³-hybridized carbons (Fsp3) is 0.158. The fourth-order valence-corrected chi connectivity index (χ4v) is 2.43. The van der Waals surface area contributed by atoms with Crippen LogP contribution in [0.15, 0.2) is 67.0 Å². The van der Waals surface area contributed by atoms with Gasteiger partial charge < -0.3 is 15.2 Å². The molecule has 2 aromatic carbocycles. The van der Waals surface area contributed by atoms with Gasteiger partial charge in [-0.05, 0) is 29.8 Å². The van der Waals surface area contributed by atoms with Crippen LogP contribution in [0.5, 0.6) is 5.75 Å². The Labute approximate surface area is 153 Å². The number of aliphatic hydroxyl groups is 1. The maximum absolute atomic E-state index is 12.2. The number of ether oxygens (including phenoxy) is 1. The van der Waals surface area contributed by atoms with Crippen LogP contribution in [-0.4, -0.2) is 28.0 Å². The number of hydrogen-bond acceptors (Lipinski definition) is 5. The van der Waals surface area contributed by atoms with Crippen molar-refractivity contribution in [2.24, 2.45) is 0 Å². The highest BCUT2D eigenvalue weighted by Crippen LogP contribution is 2.26. The van der Waals surface area contributed by atoms with E-state index in [1.54, 1.807) is 6.07 Å². The van der Waals surface area contributed by atoms with Crippen molar-refractivity contribution in [2.75, 3.05) is 11.9 Å². The first-order chi connectivity index (χ1) is 12.9. The summed E-state index contributed by atoms with van der Waals surface area (Å²) >= 11 is 0. The molecule has 8 heteroatoms. The average Bonchev–Trinajstić information content (AvgIpc) is 2.66. The van der Waals surface area contributed by atoms with Crippen molar-refractivity contribution in [1.82, 2.24) is 9.97 Å². The molecule has 0 amide bonds. The summed E-state index contributed by atoms with van der Waals surface area (Å²) in [4.78, 5) is 8.21. The van der Waals surface area contributed by atoms with E-state index in [2.05, 4.69) is 20.0 Å². The second-order valence-corrected chi connectivity index (χ2v) is 5.67. The van der Waals surface area contributed by atoms with Crippen molar-refractivity contribution in [2.45, 2.75) is 12.5 Å². The molecule has 0 aliphatic heterocycles. The lowest BCUT2D eigenvalue weighted by Gasteiger charge is -2.13. The summed E-state index contributed by atoms with van der Waals surface area (Å²) in [5.41, 5.74) is 1.92. The highest BCUT2D eigenvalue weighted by molar-refractivity contribution is 5.62. The van der Waals surface area contributed by atoms with Gasteiger partial charge in [0.15, 0.2) is 0 Å². The summed E-state index contributed by atoms with van der Waals surface area (Å²) in [6.45, 7) is 0.249. The highest BCUT2D eigenvalue weighted by atomic mass is 19.4. The minimum atomic E-state index is -4.73. The van der Waals surface area contributed by atoms with Crippen LogP contribution < -0.4 is 10.1 Å². The van der Waals surface area contributed by atoms with Gasteiger partial charge in [0.2, 0.25) is 0 Å². The van der Waals surface area contributed by atoms with Crippen molar-refractivity contribution >= 4 is 5.82 Å². The monoisotopic (exact) mass is 375 g/mol. The van der Waals surface area contributed by atoms with E-state index >= 15 is 0 Å². The Bertz CT molecular complexity index is 871. The van der Waals surface area contributed by atoms with Crippen LogP contribution in [0, 0.1) is 0 Å². The van der Waals surface area contributed by atoms with Crippen LogP contribution >= 0.6 is 0 Å². The molecule has 0 fully saturated rings. The lowest BCUT2D eigenvalue weighted by atomic mass is 10.1. The average molecular weight is 375 g/mol. The summed E-state index contributed by atoms with van der Waals surface area (Å²) in [6, 6.07) is 16.2. The van der Waals surface area contributed by atoms with Gasteiger partial charge >= 0.3 is 6.36 Å². The number of aliphatic hydroxyl groups excluding tert-OH is 1. The first-order valence-electron chi connectivity index (χ1n) is 8.06. The predicted octanol–water partition coefficient (Wildman–Crippen LogP) is 4.19. The van der Waals surface area contributed by atoms with Gasteiger partial charge in [0.25, 0.3) is 0 Å². The number of halogens is 3. The van der Waals surface area contributed by atoms with Crippen LogP contribution in [0.2, 0.25) is 0 Å². The maximum Gasteiger partial charge on any atom is 0.573 e. The van der Waals surface area contributed by atoms with E-state index in [4.69, 9.17) is 0 Å². The van der Waals surface area contributed by atoms with Gasteiger partial charge in [-0.2, -0.15) is 0 Å². The first kappa shape index (κ1) is 18.7. The fourth-order valence-electron chi connectivity index (χ4n) is 2.43. The van der Waals surface area contributed by atoms with Crippen LogP contribution in [0.3, 0.4) is 0 Å². The molecule has 0 unspecified atom stereocenters. The molecule has 1 atom stereocenters. The van der Waals surface area contributed by atoms with E-state index in [0.29, 0.717) is 17.1 Å². The number of alkyl halides is 3. The molecule has 27 heavy (non-hydrogen) atoms. The van der Waals surface area contributed by atoms with Gasteiger partial charge in [-0.25, -0.2) is 9.97 Å². The Kier molecular flexibility index (Phi) is 5.56. The van der Waals surface area contributed by atoms with Crippen LogP contribution in [0.4, 0.5) is 19.0 Å². The zero-order valence-corrected chi connectivity index (χ0v) is 14.0. The van der Waals surface area contributed by atoms with Crippen molar-refractivity contribution in [3.8, 4) is 17.0 Å². The highest BCUT2D eigenvalue weighted by Gasteiger charge is 2.30. The molecule has 0 bridgehead atoms. The molecule has 0 spiro atoms. The van der Waals surface area contributed by atoms with Crippen LogP contribution in [0.1, 0.15) is 11.7 Å². The molecule has 0 aliphatic rings. The Morgan fingerprint density at radius 3 is 2.37 bits per heavy atom. The molecule has 140 valence electrons. The van der Waals surface area contributed by atoms with Crippen LogP contribution in [0.25, 0.3) is 11.3 Å². The second-order valence-electron chi connectivity index (χ2n) is 5.67.